The lowest BCUT2D eigenvalue weighted by Crippen LogP contribution is -2.23. The molecule has 1 aromatic heterocycles. The highest BCUT2D eigenvalue weighted by atomic mass is 15.2. The van der Waals surface area contributed by atoms with Gasteiger partial charge in [0.25, 0.3) is 0 Å². The monoisotopic (exact) mass is 285 g/mol. The summed E-state index contributed by atoms with van der Waals surface area (Å²) in [5, 5.41) is 7.92. The highest BCUT2D eigenvalue weighted by molar-refractivity contribution is 5.33. The van der Waals surface area contributed by atoms with E-state index in [2.05, 4.69) is 68.6 Å². The average Bonchev–Trinajstić information content (AvgIpc) is 2.85. The zero-order valence-electron chi connectivity index (χ0n) is 13.9. The minimum atomic E-state index is 0.194. The van der Waals surface area contributed by atoms with Gasteiger partial charge in [0.05, 0.1) is 12.2 Å². The molecule has 1 atom stereocenters. The van der Waals surface area contributed by atoms with Gasteiger partial charge in [0.15, 0.2) is 0 Å². The molecule has 1 heterocycles. The number of nitrogens with one attached hydrogen (secondary N) is 1. The highest BCUT2D eigenvalue weighted by Gasteiger charge is 2.17. The number of nitrogens with zero attached hydrogens (tertiary/aromatic N) is 2. The summed E-state index contributed by atoms with van der Waals surface area (Å²) in [6.07, 6.45) is 5.16. The molecular formula is C18H27N3. The molecule has 0 fully saturated rings. The zero-order chi connectivity index (χ0) is 15.5. The average molecular weight is 285 g/mol. The first-order chi connectivity index (χ1) is 9.91. The van der Waals surface area contributed by atoms with E-state index >= 15 is 0 Å². The van der Waals surface area contributed by atoms with E-state index in [1.165, 1.54) is 16.7 Å². The van der Waals surface area contributed by atoms with Crippen LogP contribution in [0.1, 0.15) is 56.8 Å². The van der Waals surface area contributed by atoms with Crippen molar-refractivity contribution in [2.45, 2.75) is 45.6 Å². The van der Waals surface area contributed by atoms with Gasteiger partial charge in [-0.15, -0.1) is 0 Å². The number of hydrogen-bond acceptors (Lipinski definition) is 2. The SMILES string of the molecule is CCCNC(c1ccc(C(C)(C)C)cc1)c1cnn(C)c1. The van der Waals surface area contributed by atoms with Gasteiger partial charge in [0.1, 0.15) is 0 Å². The first kappa shape index (κ1) is 15.8. The van der Waals surface area contributed by atoms with Gasteiger partial charge >= 0.3 is 0 Å². The van der Waals surface area contributed by atoms with Crippen LogP contribution in [-0.4, -0.2) is 16.3 Å². The van der Waals surface area contributed by atoms with Gasteiger partial charge in [-0.3, -0.25) is 4.68 Å². The maximum atomic E-state index is 4.30. The van der Waals surface area contributed by atoms with Gasteiger partial charge in [-0.05, 0) is 29.5 Å². The van der Waals surface area contributed by atoms with Crippen LogP contribution >= 0.6 is 0 Å². The lowest BCUT2D eigenvalue weighted by Gasteiger charge is -2.22. The Kier molecular flexibility index (Phi) is 4.84. The third-order valence-corrected chi connectivity index (χ3v) is 3.77. The Bertz CT molecular complexity index is 561. The van der Waals surface area contributed by atoms with Crippen LogP contribution < -0.4 is 5.32 Å². The predicted molar refractivity (Wildman–Crippen MR) is 88.5 cm³/mol. The summed E-state index contributed by atoms with van der Waals surface area (Å²) in [4.78, 5) is 0. The number of aromatic nitrogens is 2. The second kappa shape index (κ2) is 6.44. The van der Waals surface area contributed by atoms with Crippen molar-refractivity contribution in [2.24, 2.45) is 7.05 Å². The Morgan fingerprint density at radius 1 is 1.14 bits per heavy atom. The van der Waals surface area contributed by atoms with Gasteiger partial charge in [-0.25, -0.2) is 0 Å². The van der Waals surface area contributed by atoms with Crippen LogP contribution in [-0.2, 0) is 12.5 Å². The van der Waals surface area contributed by atoms with Crippen LogP contribution in [0.3, 0.4) is 0 Å². The maximum Gasteiger partial charge on any atom is 0.0607 e. The summed E-state index contributed by atoms with van der Waals surface area (Å²) < 4.78 is 1.86. The summed E-state index contributed by atoms with van der Waals surface area (Å²) in [5.74, 6) is 0. The first-order valence-electron chi connectivity index (χ1n) is 7.74. The van der Waals surface area contributed by atoms with E-state index in [0.717, 1.165) is 13.0 Å². The third kappa shape index (κ3) is 3.94. The molecule has 0 aliphatic rings. The van der Waals surface area contributed by atoms with E-state index in [9.17, 15) is 0 Å². The molecule has 114 valence electrons. The highest BCUT2D eigenvalue weighted by Crippen LogP contribution is 2.26. The van der Waals surface area contributed by atoms with Gasteiger partial charge in [-0.2, -0.15) is 5.10 Å². The fraction of sp³-hybridized carbons (Fsp3) is 0.500. The third-order valence-electron chi connectivity index (χ3n) is 3.77. The Balaban J connectivity index is 2.28. The van der Waals surface area contributed by atoms with Crippen molar-refractivity contribution < 1.29 is 0 Å². The van der Waals surface area contributed by atoms with Gasteiger partial charge in [-0.1, -0.05) is 52.0 Å². The van der Waals surface area contributed by atoms with Crippen molar-refractivity contribution in [3.05, 3.63) is 53.3 Å². The number of rotatable bonds is 5. The quantitative estimate of drug-likeness (QED) is 0.905. The molecule has 1 unspecified atom stereocenters. The smallest absolute Gasteiger partial charge is 0.0607 e. The van der Waals surface area contributed by atoms with E-state index in [4.69, 9.17) is 0 Å². The largest absolute Gasteiger partial charge is 0.306 e. The fourth-order valence-electron chi connectivity index (χ4n) is 2.48. The number of benzene rings is 1. The van der Waals surface area contributed by atoms with E-state index in [1.54, 1.807) is 0 Å². The molecule has 0 amide bonds. The molecule has 3 nitrogen and oxygen atoms in total. The zero-order valence-corrected chi connectivity index (χ0v) is 13.9. The summed E-state index contributed by atoms with van der Waals surface area (Å²) in [6, 6.07) is 9.17. The van der Waals surface area contributed by atoms with Crippen molar-refractivity contribution in [1.82, 2.24) is 15.1 Å². The summed E-state index contributed by atoms with van der Waals surface area (Å²) in [6.45, 7) is 9.93. The van der Waals surface area contributed by atoms with Gasteiger partial charge in [0, 0.05) is 18.8 Å². The molecule has 0 spiro atoms. The second-order valence-electron chi connectivity index (χ2n) is 6.71. The normalized spacial score (nSPS) is 13.4. The van der Waals surface area contributed by atoms with Crippen LogP contribution in [0.2, 0.25) is 0 Å². The molecule has 21 heavy (non-hydrogen) atoms. The molecule has 1 N–H and O–H groups in total. The molecule has 0 aliphatic heterocycles. The fourth-order valence-corrected chi connectivity index (χ4v) is 2.48. The Morgan fingerprint density at radius 3 is 2.29 bits per heavy atom. The standard InChI is InChI=1S/C18H27N3/c1-6-11-19-17(15-12-20-21(5)13-15)14-7-9-16(10-8-14)18(2,3)4/h7-10,12-13,17,19H,6,11H2,1-5H3. The van der Waals surface area contributed by atoms with E-state index < -0.39 is 0 Å². The molecule has 1 aromatic carbocycles. The van der Waals surface area contributed by atoms with Crippen molar-refractivity contribution in [3.8, 4) is 0 Å². The Labute approximate surface area is 128 Å². The molecule has 0 bridgehead atoms. The Morgan fingerprint density at radius 2 is 1.81 bits per heavy atom. The topological polar surface area (TPSA) is 29.9 Å². The number of hydrogen-bond donors (Lipinski definition) is 1. The van der Waals surface area contributed by atoms with Crippen molar-refractivity contribution in [1.29, 1.82) is 0 Å². The Hall–Kier alpha value is -1.61. The van der Waals surface area contributed by atoms with Crippen molar-refractivity contribution >= 4 is 0 Å². The second-order valence-corrected chi connectivity index (χ2v) is 6.71. The van der Waals surface area contributed by atoms with E-state index in [1.807, 2.05) is 17.9 Å². The van der Waals surface area contributed by atoms with E-state index in [0.29, 0.717) is 0 Å². The summed E-state index contributed by atoms with van der Waals surface area (Å²) >= 11 is 0. The van der Waals surface area contributed by atoms with Gasteiger partial charge < -0.3 is 5.32 Å². The molecule has 0 saturated carbocycles. The van der Waals surface area contributed by atoms with Crippen LogP contribution in [0.25, 0.3) is 0 Å². The lowest BCUT2D eigenvalue weighted by atomic mass is 9.86. The van der Waals surface area contributed by atoms with Crippen LogP contribution in [0.15, 0.2) is 36.7 Å². The predicted octanol–water partition coefficient (Wildman–Crippen LogP) is 3.81. The van der Waals surface area contributed by atoms with Gasteiger partial charge in [0.2, 0.25) is 0 Å². The molecule has 2 rings (SSSR count). The number of aryl methyl sites for hydroxylation is 1. The lowest BCUT2D eigenvalue weighted by molar-refractivity contribution is 0.583. The summed E-state index contributed by atoms with van der Waals surface area (Å²) in [7, 11) is 1.96. The van der Waals surface area contributed by atoms with E-state index in [-0.39, 0.29) is 11.5 Å². The maximum absolute atomic E-state index is 4.30. The van der Waals surface area contributed by atoms with Crippen LogP contribution in [0, 0.1) is 0 Å². The van der Waals surface area contributed by atoms with Crippen molar-refractivity contribution in [3.63, 3.8) is 0 Å². The summed E-state index contributed by atoms with van der Waals surface area (Å²) in [5.41, 5.74) is 4.07. The molecule has 0 saturated heterocycles. The van der Waals surface area contributed by atoms with Crippen LogP contribution in [0.4, 0.5) is 0 Å². The molecule has 2 aromatic rings. The molecular weight excluding hydrogens is 258 g/mol. The minimum Gasteiger partial charge on any atom is -0.306 e. The first-order valence-corrected chi connectivity index (χ1v) is 7.74. The van der Waals surface area contributed by atoms with Crippen molar-refractivity contribution in [2.75, 3.05) is 6.54 Å². The molecule has 0 radical (unpaired) electrons. The molecule has 0 aliphatic carbocycles. The minimum absolute atomic E-state index is 0.194. The molecule has 3 heteroatoms. The van der Waals surface area contributed by atoms with Crippen LogP contribution in [0.5, 0.6) is 0 Å².